The molecule has 0 heterocycles. The van der Waals surface area contributed by atoms with Crippen LogP contribution in [0.1, 0.15) is 41.5 Å². The van der Waals surface area contributed by atoms with Gasteiger partial charge in [-0.3, -0.25) is 0 Å². The topological polar surface area (TPSA) is 32.3 Å². The summed E-state index contributed by atoms with van der Waals surface area (Å²) in [7, 11) is 0. The first kappa shape index (κ1) is 10.9. The van der Waals surface area contributed by atoms with Gasteiger partial charge in [0.2, 0.25) is 0 Å². The Hall–Kier alpha value is -0.0800. The molecule has 2 N–H and O–H groups in total. The molecule has 0 saturated heterocycles. The minimum Gasteiger partial charge on any atom is -0.316 e. The molecule has 0 spiro atoms. The molecule has 0 aliphatic heterocycles. The highest BCUT2D eigenvalue weighted by Gasteiger charge is 2.33. The fraction of sp³-hybridized carbons (Fsp3) is 1.00. The first-order valence-electron chi connectivity index (χ1n) is 4.13. The molecule has 2 nitrogen and oxygen atoms in total. The average Bonchev–Trinajstić information content (AvgIpc) is 1.84. The van der Waals surface area contributed by atoms with Crippen LogP contribution in [0.25, 0.3) is 0 Å². The molecule has 0 bridgehead atoms. The van der Waals surface area contributed by atoms with Crippen LogP contribution in [-0.2, 0) is 0 Å². The van der Waals surface area contributed by atoms with Gasteiger partial charge < -0.3 is 5.21 Å². The molecule has 0 aliphatic carbocycles. The van der Waals surface area contributed by atoms with E-state index in [0.29, 0.717) is 5.92 Å². The molecule has 0 amide bonds. The van der Waals surface area contributed by atoms with Gasteiger partial charge in [-0.05, 0) is 25.2 Å². The summed E-state index contributed by atoms with van der Waals surface area (Å²) in [4.78, 5) is 0. The van der Waals surface area contributed by atoms with Crippen LogP contribution in [0.5, 0.6) is 0 Å². The summed E-state index contributed by atoms with van der Waals surface area (Å²) in [6.07, 6.45) is 0. The molecule has 68 valence electrons. The first-order chi connectivity index (χ1) is 4.72. The summed E-state index contributed by atoms with van der Waals surface area (Å²) in [5.41, 5.74) is 2.36. The maximum atomic E-state index is 8.88. The van der Waals surface area contributed by atoms with Crippen LogP contribution in [0.4, 0.5) is 0 Å². The Labute approximate surface area is 70.0 Å². The van der Waals surface area contributed by atoms with E-state index in [1.165, 1.54) is 0 Å². The molecular formula is C9H21NO. The quantitative estimate of drug-likeness (QED) is 0.606. The lowest BCUT2D eigenvalue weighted by atomic mass is 9.72. The molecule has 0 radical (unpaired) electrons. The molecule has 1 unspecified atom stereocenters. The van der Waals surface area contributed by atoms with Crippen LogP contribution < -0.4 is 5.48 Å². The molecule has 0 aromatic rings. The van der Waals surface area contributed by atoms with Crippen molar-refractivity contribution in [3.63, 3.8) is 0 Å². The van der Waals surface area contributed by atoms with Gasteiger partial charge in [0.25, 0.3) is 0 Å². The summed E-state index contributed by atoms with van der Waals surface area (Å²) < 4.78 is 0. The van der Waals surface area contributed by atoms with Crippen molar-refractivity contribution in [1.82, 2.24) is 5.48 Å². The van der Waals surface area contributed by atoms with E-state index >= 15 is 0 Å². The highest BCUT2D eigenvalue weighted by molar-refractivity contribution is 4.87. The van der Waals surface area contributed by atoms with Crippen molar-refractivity contribution >= 4 is 0 Å². The lowest BCUT2D eigenvalue weighted by Gasteiger charge is -2.39. The van der Waals surface area contributed by atoms with E-state index in [1.807, 2.05) is 13.8 Å². The summed E-state index contributed by atoms with van der Waals surface area (Å²) in [6.45, 7) is 12.7. The Kier molecular flexibility index (Phi) is 3.09. The van der Waals surface area contributed by atoms with Crippen molar-refractivity contribution < 1.29 is 5.21 Å². The number of hydrogen-bond acceptors (Lipinski definition) is 2. The van der Waals surface area contributed by atoms with E-state index in [4.69, 9.17) is 5.21 Å². The maximum Gasteiger partial charge on any atom is 0.0404 e. The standard InChI is InChI=1S/C9H21NO/c1-7(8(2,3)4)9(5,6)10-11/h7,10-11H,1-6H3. The van der Waals surface area contributed by atoms with E-state index in [-0.39, 0.29) is 11.0 Å². The van der Waals surface area contributed by atoms with Crippen LogP contribution >= 0.6 is 0 Å². The maximum absolute atomic E-state index is 8.88. The van der Waals surface area contributed by atoms with Crippen LogP contribution in [0.15, 0.2) is 0 Å². The monoisotopic (exact) mass is 159 g/mol. The van der Waals surface area contributed by atoms with Crippen molar-refractivity contribution in [3.05, 3.63) is 0 Å². The number of hydrogen-bond donors (Lipinski definition) is 2. The van der Waals surface area contributed by atoms with Crippen LogP contribution in [0, 0.1) is 11.3 Å². The molecule has 0 saturated carbocycles. The van der Waals surface area contributed by atoms with Gasteiger partial charge in [0.05, 0.1) is 0 Å². The molecule has 0 fully saturated rings. The lowest BCUT2D eigenvalue weighted by molar-refractivity contribution is 0.0138. The Morgan fingerprint density at radius 2 is 1.45 bits per heavy atom. The van der Waals surface area contributed by atoms with Gasteiger partial charge in [-0.1, -0.05) is 27.7 Å². The first-order valence-corrected chi connectivity index (χ1v) is 4.13. The van der Waals surface area contributed by atoms with Gasteiger partial charge in [0.1, 0.15) is 0 Å². The Morgan fingerprint density at radius 3 is 1.55 bits per heavy atom. The third kappa shape index (κ3) is 2.80. The number of hydroxylamine groups is 1. The number of nitrogens with one attached hydrogen (secondary N) is 1. The zero-order valence-electron chi connectivity index (χ0n) is 8.52. The lowest BCUT2D eigenvalue weighted by Crippen LogP contribution is -2.47. The summed E-state index contributed by atoms with van der Waals surface area (Å²) in [5.74, 6) is 0.417. The van der Waals surface area contributed by atoms with Gasteiger partial charge in [0, 0.05) is 5.54 Å². The van der Waals surface area contributed by atoms with E-state index < -0.39 is 0 Å². The summed E-state index contributed by atoms with van der Waals surface area (Å²) in [5, 5.41) is 8.88. The molecule has 0 aliphatic rings. The van der Waals surface area contributed by atoms with E-state index in [2.05, 4.69) is 33.2 Å². The average molecular weight is 159 g/mol. The largest absolute Gasteiger partial charge is 0.316 e. The molecular weight excluding hydrogens is 138 g/mol. The fourth-order valence-corrected chi connectivity index (χ4v) is 1.18. The van der Waals surface area contributed by atoms with Gasteiger partial charge in [-0.2, -0.15) is 5.48 Å². The second-order valence-corrected chi connectivity index (χ2v) is 4.92. The second-order valence-electron chi connectivity index (χ2n) is 4.92. The van der Waals surface area contributed by atoms with Crippen molar-refractivity contribution in [2.75, 3.05) is 0 Å². The van der Waals surface area contributed by atoms with Crippen molar-refractivity contribution in [3.8, 4) is 0 Å². The van der Waals surface area contributed by atoms with Crippen molar-refractivity contribution in [2.45, 2.75) is 47.1 Å². The third-order valence-electron chi connectivity index (χ3n) is 2.67. The highest BCUT2D eigenvalue weighted by atomic mass is 16.5. The Bertz CT molecular complexity index is 124. The van der Waals surface area contributed by atoms with Gasteiger partial charge >= 0.3 is 0 Å². The molecule has 0 aromatic carbocycles. The van der Waals surface area contributed by atoms with Crippen molar-refractivity contribution in [1.29, 1.82) is 0 Å². The normalized spacial score (nSPS) is 16.6. The van der Waals surface area contributed by atoms with Gasteiger partial charge in [-0.25, -0.2) is 0 Å². The van der Waals surface area contributed by atoms with Crippen LogP contribution in [-0.4, -0.2) is 10.7 Å². The molecule has 1 atom stereocenters. The summed E-state index contributed by atoms with van der Waals surface area (Å²) >= 11 is 0. The molecule has 2 heteroatoms. The predicted octanol–water partition coefficient (Wildman–Crippen LogP) is 2.43. The zero-order valence-corrected chi connectivity index (χ0v) is 8.52. The predicted molar refractivity (Wildman–Crippen MR) is 47.6 cm³/mol. The van der Waals surface area contributed by atoms with E-state index in [9.17, 15) is 0 Å². The SMILES string of the molecule is CC(C(C)(C)C)C(C)(C)NO. The minimum absolute atomic E-state index is 0.210. The third-order valence-corrected chi connectivity index (χ3v) is 2.67. The van der Waals surface area contributed by atoms with Gasteiger partial charge in [0.15, 0.2) is 0 Å². The Balaban J connectivity index is 4.35. The second kappa shape index (κ2) is 3.11. The van der Waals surface area contributed by atoms with Crippen LogP contribution in [0.2, 0.25) is 0 Å². The van der Waals surface area contributed by atoms with Crippen LogP contribution in [0.3, 0.4) is 0 Å². The highest BCUT2D eigenvalue weighted by Crippen LogP contribution is 2.33. The molecule has 11 heavy (non-hydrogen) atoms. The Morgan fingerprint density at radius 1 is 1.09 bits per heavy atom. The van der Waals surface area contributed by atoms with Gasteiger partial charge in [-0.15, -0.1) is 0 Å². The molecule has 0 rings (SSSR count). The van der Waals surface area contributed by atoms with E-state index in [1.54, 1.807) is 0 Å². The fourth-order valence-electron chi connectivity index (χ4n) is 1.18. The molecule has 0 aromatic heterocycles. The van der Waals surface area contributed by atoms with Crippen molar-refractivity contribution in [2.24, 2.45) is 11.3 Å². The zero-order chi connectivity index (χ0) is 9.28. The minimum atomic E-state index is -0.210. The summed E-state index contributed by atoms with van der Waals surface area (Å²) in [6, 6.07) is 0. The van der Waals surface area contributed by atoms with E-state index in [0.717, 1.165) is 0 Å². The number of rotatable bonds is 2. The smallest absolute Gasteiger partial charge is 0.0404 e.